The van der Waals surface area contributed by atoms with E-state index in [1.165, 1.54) is 11.3 Å². The molecular formula is C15H10N2O2S2. The summed E-state index contributed by atoms with van der Waals surface area (Å²) in [4.78, 5) is 18.6. The molecule has 2 aromatic heterocycles. The van der Waals surface area contributed by atoms with E-state index in [2.05, 4.69) is 16.0 Å². The van der Waals surface area contributed by atoms with Crippen LogP contribution in [0.4, 0.5) is 0 Å². The smallest absolute Gasteiger partial charge is 0.305 e. The molecule has 4 rings (SSSR count). The van der Waals surface area contributed by atoms with Gasteiger partial charge in [-0.25, -0.2) is 4.98 Å². The van der Waals surface area contributed by atoms with Crippen molar-refractivity contribution in [2.45, 2.75) is 6.61 Å². The van der Waals surface area contributed by atoms with E-state index in [4.69, 9.17) is 4.74 Å². The van der Waals surface area contributed by atoms with Crippen molar-refractivity contribution in [3.8, 4) is 5.75 Å². The van der Waals surface area contributed by atoms with Crippen molar-refractivity contribution < 1.29 is 4.74 Å². The molecule has 0 aliphatic rings. The predicted molar refractivity (Wildman–Crippen MR) is 86.4 cm³/mol. The van der Waals surface area contributed by atoms with Gasteiger partial charge in [-0.05, 0) is 30.3 Å². The van der Waals surface area contributed by atoms with Crippen LogP contribution >= 0.6 is 22.7 Å². The highest BCUT2D eigenvalue weighted by atomic mass is 32.1. The van der Waals surface area contributed by atoms with Gasteiger partial charge in [-0.1, -0.05) is 23.5 Å². The Balaban J connectivity index is 1.58. The fourth-order valence-electron chi connectivity index (χ4n) is 2.14. The third-order valence-electron chi connectivity index (χ3n) is 3.09. The normalized spacial score (nSPS) is 11.2. The number of hydrogen-bond donors (Lipinski definition) is 1. The molecule has 0 bridgehead atoms. The number of hydrogen-bond acceptors (Lipinski definition) is 5. The van der Waals surface area contributed by atoms with Crippen LogP contribution in [0.5, 0.6) is 5.75 Å². The lowest BCUT2D eigenvalue weighted by Gasteiger charge is -2.03. The van der Waals surface area contributed by atoms with Crippen LogP contribution in [0.1, 0.15) is 5.01 Å². The lowest BCUT2D eigenvalue weighted by atomic mass is 10.3. The first-order valence-electron chi connectivity index (χ1n) is 6.38. The number of thiazole rings is 2. The minimum absolute atomic E-state index is 0.0478. The van der Waals surface area contributed by atoms with E-state index in [1.54, 1.807) is 11.3 Å². The van der Waals surface area contributed by atoms with Gasteiger partial charge in [-0.15, -0.1) is 11.3 Å². The summed E-state index contributed by atoms with van der Waals surface area (Å²) in [6.07, 6.45) is 0. The molecule has 2 heterocycles. The predicted octanol–water partition coefficient (Wildman–Crippen LogP) is 3.78. The average molecular weight is 314 g/mol. The first-order valence-corrected chi connectivity index (χ1v) is 8.01. The molecule has 6 heteroatoms. The van der Waals surface area contributed by atoms with E-state index < -0.39 is 0 Å². The van der Waals surface area contributed by atoms with Crippen LogP contribution < -0.4 is 9.61 Å². The van der Waals surface area contributed by atoms with Crippen LogP contribution in [-0.2, 0) is 6.61 Å². The lowest BCUT2D eigenvalue weighted by Crippen LogP contribution is -1.94. The molecule has 0 amide bonds. The summed E-state index contributed by atoms with van der Waals surface area (Å²) >= 11 is 2.82. The van der Waals surface area contributed by atoms with Crippen molar-refractivity contribution in [1.29, 1.82) is 0 Å². The zero-order chi connectivity index (χ0) is 14.2. The maximum absolute atomic E-state index is 11.3. The number of nitrogens with one attached hydrogen (secondary N) is 1. The summed E-state index contributed by atoms with van der Waals surface area (Å²) in [5, 5.41) is 0.943. The van der Waals surface area contributed by atoms with Crippen molar-refractivity contribution >= 4 is 43.1 Å². The highest BCUT2D eigenvalue weighted by Gasteiger charge is 2.05. The summed E-state index contributed by atoms with van der Waals surface area (Å²) in [6, 6.07) is 13.6. The van der Waals surface area contributed by atoms with Crippen LogP contribution in [0.2, 0.25) is 0 Å². The largest absolute Gasteiger partial charge is 0.486 e. The Morgan fingerprint density at radius 3 is 2.90 bits per heavy atom. The Hall–Kier alpha value is -2.18. The van der Waals surface area contributed by atoms with Crippen LogP contribution in [0, 0.1) is 0 Å². The van der Waals surface area contributed by atoms with E-state index in [9.17, 15) is 4.79 Å². The second-order valence-electron chi connectivity index (χ2n) is 4.54. The minimum Gasteiger partial charge on any atom is -0.486 e. The Morgan fingerprint density at radius 1 is 1.10 bits per heavy atom. The molecule has 0 radical (unpaired) electrons. The number of para-hydroxylation sites is 1. The van der Waals surface area contributed by atoms with Crippen molar-refractivity contribution in [2.24, 2.45) is 0 Å². The number of benzene rings is 2. The van der Waals surface area contributed by atoms with Gasteiger partial charge < -0.3 is 9.72 Å². The number of H-pyrrole nitrogens is 1. The van der Waals surface area contributed by atoms with Crippen molar-refractivity contribution in [1.82, 2.24) is 9.97 Å². The molecule has 0 aliphatic carbocycles. The number of nitrogens with zero attached hydrogens (tertiary/aromatic N) is 1. The molecule has 0 saturated carbocycles. The van der Waals surface area contributed by atoms with E-state index in [-0.39, 0.29) is 4.87 Å². The third-order valence-corrected chi connectivity index (χ3v) is 4.95. The second kappa shape index (κ2) is 4.98. The van der Waals surface area contributed by atoms with Gasteiger partial charge in [0.05, 0.1) is 20.4 Å². The van der Waals surface area contributed by atoms with Gasteiger partial charge in [0.1, 0.15) is 17.4 Å². The number of ether oxygens (including phenoxy) is 1. The fourth-order valence-corrected chi connectivity index (χ4v) is 3.79. The lowest BCUT2D eigenvalue weighted by molar-refractivity contribution is 0.306. The topological polar surface area (TPSA) is 55.0 Å². The maximum Gasteiger partial charge on any atom is 0.305 e. The Bertz CT molecular complexity index is 951. The van der Waals surface area contributed by atoms with Crippen molar-refractivity contribution in [3.63, 3.8) is 0 Å². The Morgan fingerprint density at radius 2 is 2.00 bits per heavy atom. The van der Waals surface area contributed by atoms with Gasteiger partial charge in [0.15, 0.2) is 0 Å². The average Bonchev–Trinajstić information content (AvgIpc) is 3.06. The molecule has 0 fully saturated rings. The number of fused-ring (bicyclic) bond motifs is 2. The van der Waals surface area contributed by atoms with Crippen LogP contribution in [0.25, 0.3) is 20.4 Å². The highest BCUT2D eigenvalue weighted by molar-refractivity contribution is 7.18. The molecule has 2 aromatic carbocycles. The standard InChI is InChI=1S/C15H10N2O2S2/c18-15-17-11-6-5-9(7-13(11)21-15)19-8-14-16-10-3-1-2-4-12(10)20-14/h1-7H,8H2,(H,17,18). The zero-order valence-corrected chi connectivity index (χ0v) is 12.5. The zero-order valence-electron chi connectivity index (χ0n) is 10.8. The molecule has 4 aromatic rings. The van der Waals surface area contributed by atoms with E-state index in [0.29, 0.717) is 6.61 Å². The quantitative estimate of drug-likeness (QED) is 0.626. The molecule has 1 N–H and O–H groups in total. The molecule has 4 nitrogen and oxygen atoms in total. The van der Waals surface area contributed by atoms with Gasteiger partial charge >= 0.3 is 4.87 Å². The van der Waals surface area contributed by atoms with Crippen molar-refractivity contribution in [3.05, 3.63) is 57.1 Å². The van der Waals surface area contributed by atoms with Crippen LogP contribution in [-0.4, -0.2) is 9.97 Å². The van der Waals surface area contributed by atoms with Crippen LogP contribution in [0.15, 0.2) is 47.3 Å². The molecule has 21 heavy (non-hydrogen) atoms. The molecule has 0 aliphatic heterocycles. The maximum atomic E-state index is 11.3. The third kappa shape index (κ3) is 2.43. The highest BCUT2D eigenvalue weighted by Crippen LogP contribution is 2.25. The molecule has 0 saturated heterocycles. The van der Waals surface area contributed by atoms with Crippen molar-refractivity contribution in [2.75, 3.05) is 0 Å². The number of aromatic nitrogens is 2. The number of aromatic amines is 1. The summed E-state index contributed by atoms with van der Waals surface area (Å²) in [6.45, 7) is 0.435. The van der Waals surface area contributed by atoms with E-state index >= 15 is 0 Å². The van der Waals surface area contributed by atoms with Gasteiger partial charge in [-0.2, -0.15) is 0 Å². The SMILES string of the molecule is O=c1[nH]c2ccc(OCc3nc4ccccc4s3)cc2s1. The molecular weight excluding hydrogens is 304 g/mol. The molecule has 104 valence electrons. The van der Waals surface area contributed by atoms with Gasteiger partial charge in [0.2, 0.25) is 0 Å². The Kier molecular flexibility index (Phi) is 2.98. The summed E-state index contributed by atoms with van der Waals surface area (Å²) in [7, 11) is 0. The summed E-state index contributed by atoms with van der Waals surface area (Å²) in [5.41, 5.74) is 1.85. The summed E-state index contributed by atoms with van der Waals surface area (Å²) < 4.78 is 7.84. The summed E-state index contributed by atoms with van der Waals surface area (Å²) in [5.74, 6) is 0.747. The minimum atomic E-state index is -0.0478. The molecule has 0 spiro atoms. The van der Waals surface area contributed by atoms with Gasteiger partial charge in [0, 0.05) is 0 Å². The van der Waals surface area contributed by atoms with E-state index in [0.717, 1.165) is 31.2 Å². The second-order valence-corrected chi connectivity index (χ2v) is 6.67. The van der Waals surface area contributed by atoms with Gasteiger partial charge in [-0.3, -0.25) is 4.79 Å². The van der Waals surface area contributed by atoms with Gasteiger partial charge in [0.25, 0.3) is 0 Å². The first-order chi connectivity index (χ1) is 10.3. The Labute approximate surface area is 127 Å². The fraction of sp³-hybridized carbons (Fsp3) is 0.0667. The van der Waals surface area contributed by atoms with E-state index in [1.807, 2.05) is 36.4 Å². The number of rotatable bonds is 3. The molecule has 0 unspecified atom stereocenters. The monoisotopic (exact) mass is 314 g/mol. The molecule has 0 atom stereocenters. The first kappa shape index (κ1) is 12.6. The van der Waals surface area contributed by atoms with Crippen LogP contribution in [0.3, 0.4) is 0 Å².